The number of aryl methyl sites for hydroxylation is 1. The van der Waals surface area contributed by atoms with Gasteiger partial charge >= 0.3 is 0 Å². The van der Waals surface area contributed by atoms with Crippen molar-refractivity contribution in [1.29, 1.82) is 0 Å². The Morgan fingerprint density at radius 3 is 2.52 bits per heavy atom. The van der Waals surface area contributed by atoms with Gasteiger partial charge in [-0.1, -0.05) is 18.2 Å². The van der Waals surface area contributed by atoms with Crippen LogP contribution in [0.4, 0.5) is 0 Å². The summed E-state index contributed by atoms with van der Waals surface area (Å²) in [5, 5.41) is 2.38. The smallest absolute Gasteiger partial charge is 0.276 e. The number of halogens is 1. The summed E-state index contributed by atoms with van der Waals surface area (Å²) in [6, 6.07) is 12.7. The lowest BCUT2D eigenvalue weighted by atomic mass is 10.2. The number of thiocarbonyl (C=S) groups is 1. The molecule has 2 amide bonds. The minimum atomic E-state index is -0.456. The fourth-order valence-corrected chi connectivity index (χ4v) is 2.86. The highest BCUT2D eigenvalue weighted by atomic mass is 79.9. The number of rotatable bonds is 6. The Kier molecular flexibility index (Phi) is 8.63. The normalized spacial score (nSPS) is 10.3. The van der Waals surface area contributed by atoms with Crippen molar-refractivity contribution in [1.82, 2.24) is 16.2 Å². The molecular formula is C20H20BrN3O4S. The second-order valence-corrected chi connectivity index (χ2v) is 7.08. The molecular weight excluding hydrogens is 458 g/mol. The average Bonchev–Trinajstić information content (AvgIpc) is 2.70. The van der Waals surface area contributed by atoms with Crippen molar-refractivity contribution >= 4 is 51.2 Å². The molecule has 0 aliphatic heterocycles. The molecule has 7 nitrogen and oxygen atoms in total. The van der Waals surface area contributed by atoms with Gasteiger partial charge in [-0.05, 0) is 76.5 Å². The summed E-state index contributed by atoms with van der Waals surface area (Å²) in [5.41, 5.74) is 6.69. The van der Waals surface area contributed by atoms with Crippen molar-refractivity contribution in [3.05, 3.63) is 64.1 Å². The maximum Gasteiger partial charge on any atom is 0.276 e. The van der Waals surface area contributed by atoms with Gasteiger partial charge in [0.2, 0.25) is 5.91 Å². The van der Waals surface area contributed by atoms with Crippen LogP contribution in [-0.4, -0.2) is 30.6 Å². The molecule has 0 aromatic heterocycles. The largest absolute Gasteiger partial charge is 0.497 e. The topological polar surface area (TPSA) is 88.7 Å². The first-order valence-corrected chi connectivity index (χ1v) is 9.68. The van der Waals surface area contributed by atoms with E-state index in [1.54, 1.807) is 31.4 Å². The SMILES string of the molecule is COc1ccc(/C=C/C(=O)NC(=S)NNC(=O)COc2ccc(C)cc2Br)cc1. The first-order chi connectivity index (χ1) is 13.9. The van der Waals surface area contributed by atoms with E-state index in [1.165, 1.54) is 6.08 Å². The van der Waals surface area contributed by atoms with E-state index in [0.29, 0.717) is 5.75 Å². The average molecular weight is 478 g/mol. The zero-order valence-electron chi connectivity index (χ0n) is 15.8. The molecule has 2 aromatic carbocycles. The van der Waals surface area contributed by atoms with E-state index in [2.05, 4.69) is 32.1 Å². The molecule has 152 valence electrons. The van der Waals surface area contributed by atoms with Crippen LogP contribution >= 0.6 is 28.1 Å². The number of hydrazine groups is 1. The van der Waals surface area contributed by atoms with E-state index in [4.69, 9.17) is 21.7 Å². The van der Waals surface area contributed by atoms with Crippen LogP contribution in [-0.2, 0) is 9.59 Å². The van der Waals surface area contributed by atoms with Gasteiger partial charge < -0.3 is 9.47 Å². The van der Waals surface area contributed by atoms with Gasteiger partial charge in [-0.15, -0.1) is 0 Å². The van der Waals surface area contributed by atoms with Crippen LogP contribution in [0.3, 0.4) is 0 Å². The summed E-state index contributed by atoms with van der Waals surface area (Å²) >= 11 is 8.34. The number of methoxy groups -OCH3 is 1. The highest BCUT2D eigenvalue weighted by Gasteiger charge is 2.07. The fraction of sp³-hybridized carbons (Fsp3) is 0.150. The molecule has 2 aromatic rings. The van der Waals surface area contributed by atoms with E-state index in [1.807, 2.05) is 31.2 Å². The van der Waals surface area contributed by atoms with Crippen LogP contribution in [0.15, 0.2) is 53.0 Å². The van der Waals surface area contributed by atoms with Crippen molar-refractivity contribution in [3.8, 4) is 11.5 Å². The van der Waals surface area contributed by atoms with E-state index in [9.17, 15) is 9.59 Å². The van der Waals surface area contributed by atoms with Crippen LogP contribution in [0.25, 0.3) is 6.08 Å². The molecule has 0 unspecified atom stereocenters. The lowest BCUT2D eigenvalue weighted by Gasteiger charge is -2.11. The zero-order valence-corrected chi connectivity index (χ0v) is 18.2. The van der Waals surface area contributed by atoms with Gasteiger partial charge in [0.1, 0.15) is 11.5 Å². The van der Waals surface area contributed by atoms with E-state index in [0.717, 1.165) is 21.3 Å². The van der Waals surface area contributed by atoms with Crippen molar-refractivity contribution in [3.63, 3.8) is 0 Å². The van der Waals surface area contributed by atoms with E-state index in [-0.39, 0.29) is 11.7 Å². The van der Waals surface area contributed by atoms with Crippen LogP contribution in [0.2, 0.25) is 0 Å². The Balaban J connectivity index is 1.71. The standard InChI is InChI=1S/C20H20BrN3O4S/c1-13-3-9-17(16(21)11-13)28-12-19(26)23-24-20(29)22-18(25)10-6-14-4-7-15(27-2)8-5-14/h3-11H,12H2,1-2H3,(H,23,26)(H2,22,24,25,29)/b10-6+. The molecule has 29 heavy (non-hydrogen) atoms. The second-order valence-electron chi connectivity index (χ2n) is 5.82. The molecule has 0 spiro atoms. The second kappa shape index (κ2) is 11.2. The van der Waals surface area contributed by atoms with Crippen molar-refractivity contribution in [2.75, 3.05) is 13.7 Å². The fourth-order valence-electron chi connectivity index (χ4n) is 2.10. The van der Waals surface area contributed by atoms with Crippen LogP contribution in [0.1, 0.15) is 11.1 Å². The predicted molar refractivity (Wildman–Crippen MR) is 118 cm³/mol. The third-order valence-corrected chi connectivity index (χ3v) is 4.37. The molecule has 0 saturated heterocycles. The maximum atomic E-state index is 11.9. The van der Waals surface area contributed by atoms with Gasteiger partial charge in [0.05, 0.1) is 11.6 Å². The van der Waals surface area contributed by atoms with Crippen LogP contribution in [0, 0.1) is 6.92 Å². The first-order valence-electron chi connectivity index (χ1n) is 8.48. The molecule has 0 bridgehead atoms. The Hall–Kier alpha value is -2.91. The lowest BCUT2D eigenvalue weighted by Crippen LogP contribution is -2.49. The van der Waals surface area contributed by atoms with Crippen molar-refractivity contribution in [2.24, 2.45) is 0 Å². The lowest BCUT2D eigenvalue weighted by molar-refractivity contribution is -0.123. The third kappa shape index (κ3) is 7.92. The zero-order chi connectivity index (χ0) is 21.2. The number of benzene rings is 2. The summed E-state index contributed by atoms with van der Waals surface area (Å²) in [7, 11) is 1.58. The molecule has 0 saturated carbocycles. The maximum absolute atomic E-state index is 11.9. The highest BCUT2D eigenvalue weighted by Crippen LogP contribution is 2.25. The Labute approximate surface area is 182 Å². The van der Waals surface area contributed by atoms with Gasteiger partial charge in [-0.3, -0.25) is 25.8 Å². The van der Waals surface area contributed by atoms with Gasteiger partial charge in [-0.25, -0.2) is 0 Å². The molecule has 3 N–H and O–H groups in total. The summed E-state index contributed by atoms with van der Waals surface area (Å²) < 4.78 is 11.2. The molecule has 0 aliphatic rings. The monoisotopic (exact) mass is 477 g/mol. The number of hydrogen-bond acceptors (Lipinski definition) is 5. The van der Waals surface area contributed by atoms with Crippen LogP contribution in [0.5, 0.6) is 11.5 Å². The number of amides is 2. The molecule has 0 fully saturated rings. The summed E-state index contributed by atoms with van der Waals surface area (Å²) in [5.74, 6) is 0.381. The van der Waals surface area contributed by atoms with E-state index >= 15 is 0 Å². The summed E-state index contributed by atoms with van der Waals surface area (Å²) in [4.78, 5) is 23.7. The number of carbonyl (C=O) groups excluding carboxylic acids is 2. The number of carbonyl (C=O) groups is 2. The first kappa shape index (κ1) is 22.4. The summed E-state index contributed by atoms with van der Waals surface area (Å²) in [6.07, 6.45) is 2.96. The number of hydrogen-bond donors (Lipinski definition) is 3. The van der Waals surface area contributed by atoms with Gasteiger partial charge in [0.25, 0.3) is 5.91 Å². The van der Waals surface area contributed by atoms with Gasteiger partial charge in [-0.2, -0.15) is 0 Å². The van der Waals surface area contributed by atoms with Crippen molar-refractivity contribution in [2.45, 2.75) is 6.92 Å². The van der Waals surface area contributed by atoms with Crippen molar-refractivity contribution < 1.29 is 19.1 Å². The van der Waals surface area contributed by atoms with E-state index < -0.39 is 11.8 Å². The molecule has 0 radical (unpaired) electrons. The molecule has 9 heteroatoms. The number of ether oxygens (including phenoxy) is 2. The Bertz CT molecular complexity index is 916. The Morgan fingerprint density at radius 2 is 1.86 bits per heavy atom. The molecule has 0 aliphatic carbocycles. The molecule has 0 atom stereocenters. The van der Waals surface area contributed by atoms with Gasteiger partial charge in [0.15, 0.2) is 11.7 Å². The summed E-state index contributed by atoms with van der Waals surface area (Å²) in [6.45, 7) is 1.73. The molecule has 0 heterocycles. The van der Waals surface area contributed by atoms with Crippen LogP contribution < -0.4 is 25.6 Å². The minimum Gasteiger partial charge on any atom is -0.497 e. The molecule has 2 rings (SSSR count). The van der Waals surface area contributed by atoms with Gasteiger partial charge in [0, 0.05) is 6.08 Å². The quantitative estimate of drug-likeness (QED) is 0.336. The highest BCUT2D eigenvalue weighted by molar-refractivity contribution is 9.10. The Morgan fingerprint density at radius 1 is 1.14 bits per heavy atom. The number of nitrogens with one attached hydrogen (secondary N) is 3. The minimum absolute atomic E-state index is 0.0424. The predicted octanol–water partition coefficient (Wildman–Crippen LogP) is 2.88. The third-order valence-electron chi connectivity index (χ3n) is 3.54.